The van der Waals surface area contributed by atoms with Gasteiger partial charge in [0.15, 0.2) is 0 Å². The molecule has 2 aliphatic heterocycles. The Morgan fingerprint density at radius 3 is 2.50 bits per heavy atom. The number of hydrogen-bond acceptors (Lipinski definition) is 4. The molecule has 2 amide bonds. The van der Waals surface area contributed by atoms with Crippen molar-refractivity contribution in [1.82, 2.24) is 15.1 Å². The Kier molecular flexibility index (Phi) is 8.08. The fourth-order valence-electron chi connectivity index (χ4n) is 4.37. The summed E-state index contributed by atoms with van der Waals surface area (Å²) in [6, 6.07) is 3.63. The van der Waals surface area contributed by atoms with Gasteiger partial charge in [-0.1, -0.05) is 11.6 Å². The molecule has 0 aliphatic carbocycles. The molecular formula is C22H31ClFN3O3. The normalized spacial score (nSPS) is 23.4. The van der Waals surface area contributed by atoms with E-state index >= 15 is 0 Å². The molecule has 2 atom stereocenters. The highest BCUT2D eigenvalue weighted by atomic mass is 35.5. The molecule has 1 N–H and O–H groups in total. The highest BCUT2D eigenvalue weighted by Crippen LogP contribution is 2.21. The SMILES string of the molecule is CC1CN(CC2CCN(C(=O)CCNC(=O)c3ccc(F)cc3Cl)CC2)CC(C)O1. The van der Waals surface area contributed by atoms with Crippen molar-refractivity contribution in [2.24, 2.45) is 5.92 Å². The minimum atomic E-state index is -0.493. The Morgan fingerprint density at radius 2 is 1.87 bits per heavy atom. The number of rotatable bonds is 6. The van der Waals surface area contributed by atoms with Crippen molar-refractivity contribution >= 4 is 23.4 Å². The van der Waals surface area contributed by atoms with Crippen LogP contribution in [-0.2, 0) is 9.53 Å². The molecule has 2 saturated heterocycles. The summed E-state index contributed by atoms with van der Waals surface area (Å²) >= 11 is 5.90. The number of nitrogens with one attached hydrogen (secondary N) is 1. The fourth-order valence-corrected chi connectivity index (χ4v) is 4.63. The highest BCUT2D eigenvalue weighted by molar-refractivity contribution is 6.33. The number of piperidine rings is 1. The lowest BCUT2D eigenvalue weighted by Crippen LogP contribution is -2.48. The van der Waals surface area contributed by atoms with E-state index in [2.05, 4.69) is 24.1 Å². The summed E-state index contributed by atoms with van der Waals surface area (Å²) < 4.78 is 18.9. The van der Waals surface area contributed by atoms with Crippen LogP contribution < -0.4 is 5.32 Å². The van der Waals surface area contributed by atoms with Crippen LogP contribution >= 0.6 is 11.6 Å². The maximum atomic E-state index is 13.1. The molecule has 2 unspecified atom stereocenters. The van der Waals surface area contributed by atoms with Crippen molar-refractivity contribution in [3.8, 4) is 0 Å². The van der Waals surface area contributed by atoms with Crippen LogP contribution in [0, 0.1) is 11.7 Å². The summed E-state index contributed by atoms with van der Waals surface area (Å²) in [5.41, 5.74) is 0.207. The van der Waals surface area contributed by atoms with Crippen LogP contribution in [0.25, 0.3) is 0 Å². The zero-order valence-electron chi connectivity index (χ0n) is 17.7. The van der Waals surface area contributed by atoms with E-state index in [1.807, 2.05) is 4.90 Å². The number of amides is 2. The Labute approximate surface area is 182 Å². The molecule has 0 radical (unpaired) electrons. The first-order valence-electron chi connectivity index (χ1n) is 10.7. The maximum Gasteiger partial charge on any atom is 0.252 e. The molecule has 166 valence electrons. The van der Waals surface area contributed by atoms with Crippen LogP contribution in [0.5, 0.6) is 0 Å². The average Bonchev–Trinajstić information content (AvgIpc) is 2.67. The number of nitrogens with zero attached hydrogens (tertiary/aromatic N) is 2. The monoisotopic (exact) mass is 439 g/mol. The van der Waals surface area contributed by atoms with Gasteiger partial charge in [-0.05, 0) is 50.8 Å². The topological polar surface area (TPSA) is 61.9 Å². The molecule has 0 spiro atoms. The zero-order chi connectivity index (χ0) is 21.7. The van der Waals surface area contributed by atoms with Gasteiger partial charge < -0.3 is 15.0 Å². The summed E-state index contributed by atoms with van der Waals surface area (Å²) in [7, 11) is 0. The van der Waals surface area contributed by atoms with Crippen LogP contribution in [0.4, 0.5) is 4.39 Å². The standard InChI is InChI=1S/C22H31ClFN3O3/c1-15-12-26(13-16(2)30-15)14-17-6-9-27(10-7-17)21(28)5-8-25-22(29)19-4-3-18(24)11-20(19)23/h3-4,11,15-17H,5-10,12-14H2,1-2H3,(H,25,29). The minimum Gasteiger partial charge on any atom is -0.373 e. The van der Waals surface area contributed by atoms with Crippen molar-refractivity contribution in [3.05, 3.63) is 34.6 Å². The molecular weight excluding hydrogens is 409 g/mol. The Bertz CT molecular complexity index is 745. The molecule has 2 aliphatic rings. The van der Waals surface area contributed by atoms with Gasteiger partial charge in [0, 0.05) is 45.7 Å². The molecule has 1 aromatic carbocycles. The molecule has 2 fully saturated rings. The Hall–Kier alpha value is -1.70. The third-order valence-corrected chi connectivity index (χ3v) is 6.09. The molecule has 1 aromatic rings. The van der Waals surface area contributed by atoms with Crippen LogP contribution in [0.3, 0.4) is 0 Å². The number of halogens is 2. The van der Waals surface area contributed by atoms with Gasteiger partial charge in [-0.3, -0.25) is 14.5 Å². The first-order valence-corrected chi connectivity index (χ1v) is 11.1. The second-order valence-corrected chi connectivity index (χ2v) is 8.84. The fraction of sp³-hybridized carbons (Fsp3) is 0.636. The summed E-state index contributed by atoms with van der Waals surface area (Å²) in [4.78, 5) is 29.0. The van der Waals surface area contributed by atoms with E-state index in [0.29, 0.717) is 5.92 Å². The number of ether oxygens (including phenoxy) is 1. The summed E-state index contributed by atoms with van der Waals surface area (Å²) in [5, 5.41) is 2.75. The van der Waals surface area contributed by atoms with Gasteiger partial charge in [-0.25, -0.2) is 4.39 Å². The Morgan fingerprint density at radius 1 is 1.20 bits per heavy atom. The van der Waals surface area contributed by atoms with E-state index in [1.165, 1.54) is 12.1 Å². The zero-order valence-corrected chi connectivity index (χ0v) is 18.5. The highest BCUT2D eigenvalue weighted by Gasteiger charge is 2.27. The number of carbonyl (C=O) groups is 2. The number of hydrogen-bond donors (Lipinski definition) is 1. The largest absolute Gasteiger partial charge is 0.373 e. The second kappa shape index (κ2) is 10.6. The average molecular weight is 440 g/mol. The van der Waals surface area contributed by atoms with Crippen molar-refractivity contribution in [2.45, 2.75) is 45.3 Å². The smallest absolute Gasteiger partial charge is 0.252 e. The number of morpholine rings is 1. The van der Waals surface area contributed by atoms with E-state index in [4.69, 9.17) is 16.3 Å². The van der Waals surface area contributed by atoms with Crippen LogP contribution in [0.15, 0.2) is 18.2 Å². The van der Waals surface area contributed by atoms with Crippen molar-refractivity contribution in [3.63, 3.8) is 0 Å². The number of benzene rings is 1. The predicted molar refractivity (Wildman–Crippen MR) is 114 cm³/mol. The minimum absolute atomic E-state index is 0.0487. The molecule has 2 heterocycles. The summed E-state index contributed by atoms with van der Waals surface area (Å²) in [6.45, 7) is 9.00. The third-order valence-electron chi connectivity index (χ3n) is 5.78. The van der Waals surface area contributed by atoms with Crippen molar-refractivity contribution < 1.29 is 18.7 Å². The van der Waals surface area contributed by atoms with Crippen molar-refractivity contribution in [2.75, 3.05) is 39.3 Å². The van der Waals surface area contributed by atoms with Crippen LogP contribution in [-0.4, -0.2) is 73.1 Å². The van der Waals surface area contributed by atoms with Crippen LogP contribution in [0.2, 0.25) is 5.02 Å². The number of likely N-dealkylation sites (tertiary alicyclic amines) is 1. The van der Waals surface area contributed by atoms with Gasteiger partial charge in [0.05, 0.1) is 22.8 Å². The van der Waals surface area contributed by atoms with Gasteiger partial charge in [-0.15, -0.1) is 0 Å². The van der Waals surface area contributed by atoms with Gasteiger partial charge in [-0.2, -0.15) is 0 Å². The molecule has 0 bridgehead atoms. The van der Waals surface area contributed by atoms with Gasteiger partial charge in [0.25, 0.3) is 5.91 Å². The summed E-state index contributed by atoms with van der Waals surface area (Å²) in [5.74, 6) is -0.243. The van der Waals surface area contributed by atoms with Crippen molar-refractivity contribution in [1.29, 1.82) is 0 Å². The molecule has 30 heavy (non-hydrogen) atoms. The lowest BCUT2D eigenvalue weighted by Gasteiger charge is -2.39. The van der Waals surface area contributed by atoms with Gasteiger partial charge >= 0.3 is 0 Å². The Balaban J connectivity index is 1.36. The van der Waals surface area contributed by atoms with Gasteiger partial charge in [0.1, 0.15) is 5.82 Å². The molecule has 6 nitrogen and oxygen atoms in total. The van der Waals surface area contributed by atoms with E-state index in [1.54, 1.807) is 0 Å². The second-order valence-electron chi connectivity index (χ2n) is 8.43. The quantitative estimate of drug-likeness (QED) is 0.740. The number of carbonyl (C=O) groups excluding carboxylic acids is 2. The van der Waals surface area contributed by atoms with E-state index in [0.717, 1.165) is 51.6 Å². The van der Waals surface area contributed by atoms with Gasteiger partial charge in [0.2, 0.25) is 5.91 Å². The molecule has 0 aromatic heterocycles. The lowest BCUT2D eigenvalue weighted by atomic mass is 9.95. The molecule has 0 saturated carbocycles. The third kappa shape index (κ3) is 6.40. The first kappa shape index (κ1) is 23.0. The van der Waals surface area contributed by atoms with Crippen LogP contribution in [0.1, 0.15) is 43.5 Å². The van der Waals surface area contributed by atoms with E-state index < -0.39 is 11.7 Å². The first-order chi connectivity index (χ1) is 14.3. The molecule has 3 rings (SSSR count). The predicted octanol–water partition coefficient (Wildman–Crippen LogP) is 2.95. The van der Waals surface area contributed by atoms with E-state index in [9.17, 15) is 14.0 Å². The van der Waals surface area contributed by atoms with E-state index in [-0.39, 0.29) is 41.7 Å². The molecule has 8 heteroatoms. The maximum absolute atomic E-state index is 13.1. The summed E-state index contributed by atoms with van der Waals surface area (Å²) in [6.07, 6.45) is 2.80. The lowest BCUT2D eigenvalue weighted by molar-refractivity contribution is -0.132.